The number of carboxylic acid groups (broad SMARTS) is 1. The Labute approximate surface area is 626 Å². The van der Waals surface area contributed by atoms with Crippen molar-refractivity contribution in [3.8, 4) is 0 Å². The fourth-order valence-electron chi connectivity index (χ4n) is 15.7. The number of carboxylic acids is 1. The van der Waals surface area contributed by atoms with Gasteiger partial charge in [0.15, 0.2) is 11.4 Å². The lowest BCUT2D eigenvalue weighted by atomic mass is 9.77. The third-order valence-corrected chi connectivity index (χ3v) is 24.6. The Hall–Kier alpha value is -8.15. The summed E-state index contributed by atoms with van der Waals surface area (Å²) in [5, 5.41) is 15.6. The summed E-state index contributed by atoms with van der Waals surface area (Å²) in [4.78, 5) is 28.6. The Morgan fingerprint density at radius 1 is 0.523 bits per heavy atom. The number of para-hydroxylation sites is 1. The number of carbonyl (C=O) groups excluding carboxylic acids is 1. The van der Waals surface area contributed by atoms with Gasteiger partial charge in [-0.1, -0.05) is 87.7 Å². The maximum Gasteiger partial charge on any atom is 0.425 e. The minimum Gasteiger partial charge on any atom is -0.748 e. The second-order valence-electron chi connectivity index (χ2n) is 29.0. The van der Waals surface area contributed by atoms with E-state index in [1.165, 1.54) is 24.3 Å². The topological polar surface area (TPSA) is 408 Å². The van der Waals surface area contributed by atoms with Gasteiger partial charge in [-0.05, 0) is 166 Å². The van der Waals surface area contributed by atoms with Crippen molar-refractivity contribution < 1.29 is 101 Å². The van der Waals surface area contributed by atoms with Gasteiger partial charge in [-0.3, -0.25) is 23.2 Å². The molecule has 0 radical (unpaired) electrons. The zero-order valence-electron chi connectivity index (χ0n) is 60.4. The molecule has 4 aliphatic heterocycles. The standard InChI is InChI=1S/C75H89N5O18S5.O3S/c1-72(2)58-21-12-13-22-60(58)77(41-18-44-99(84,85)86)64(72)23-17-26-67-75(7,59-49-55(103(96,97)98)33-38-61(59)78(67)42-19-45-100(87,88)89)39-14-8-10-27-68(81)76-50-51-29-34-56-52(47-51)30-36-63-70(56)74(5,6)66(80(63)43-20-46-101(90,91)92)25-16-24-65-73(3,4)71-57-35-32-54(102(93,94)95)48-53(57)31-37-62(71)79(65)40-15-9-11-28-69(82)83;1-4(2)3/h12-13,16-17,21-26,29-38,47-49H,8-11,14-15,18-20,27-28,39-46,50H2,1-7H3,(H5-2,76,81,82,83,84,85,86,87,88,89,90,91,92,93,94,95,96,97,98);. The maximum atomic E-state index is 13.7. The predicted octanol–water partition coefficient (Wildman–Crippen LogP) is 10.8. The van der Waals surface area contributed by atoms with Gasteiger partial charge in [-0.15, -0.1) is 12.6 Å². The number of anilines is 2. The lowest BCUT2D eigenvalue weighted by molar-refractivity contribution is -0.437. The molecule has 4 heterocycles. The summed E-state index contributed by atoms with van der Waals surface area (Å²) in [5.74, 6) is -2.74. The molecule has 10 rings (SSSR count). The molecular weight excluding hydrogens is 1500 g/mol. The van der Waals surface area contributed by atoms with Crippen LogP contribution in [0.15, 0.2) is 161 Å². The van der Waals surface area contributed by atoms with Crippen LogP contribution in [0.2, 0.25) is 0 Å². The Balaban J connectivity index is 0.00000322. The number of benzene rings is 6. The second kappa shape index (κ2) is 32.6. The molecule has 6 aromatic rings. The van der Waals surface area contributed by atoms with E-state index in [4.69, 9.17) is 12.6 Å². The SMILES string of the molecule is CC1(C)C(/C=C/C=C2/N(CCCS(=O)(=O)O)c3ccc(S(=O)(=O)O)cc3C2(C)CCCCCC(=O)NCc2ccc3c4c(ccc3c2)[N+](CCCS(=O)(=O)[O-])=C(/C=C/C=C2/N(CCCCCC(=O)O)c3ccc5cc(S(=O)(=O)O)ccc5c3C2(C)C)C4(C)C)=[N+](CCCS(=O)(=O)[O-])c2ccccc21.O=S(=O)=O. The maximum absolute atomic E-state index is 13.7. The third kappa shape index (κ3) is 19.5. The molecule has 1 atom stereocenters. The molecule has 1 amide bonds. The molecule has 107 heavy (non-hydrogen) atoms. The van der Waals surface area contributed by atoms with E-state index >= 15 is 0 Å². The van der Waals surface area contributed by atoms with Gasteiger partial charge in [0.05, 0.1) is 46.6 Å². The van der Waals surface area contributed by atoms with Crippen LogP contribution in [0.4, 0.5) is 22.7 Å². The van der Waals surface area contributed by atoms with Crippen LogP contribution in [0.1, 0.15) is 153 Å². The number of aliphatic carboxylic acids is 1. The van der Waals surface area contributed by atoms with E-state index in [1.54, 1.807) is 12.1 Å². The van der Waals surface area contributed by atoms with Gasteiger partial charge in [0.1, 0.15) is 13.1 Å². The number of unbranched alkanes of at least 4 members (excludes halogenated alkanes) is 4. The summed E-state index contributed by atoms with van der Waals surface area (Å²) in [6, 6.07) is 30.1. The van der Waals surface area contributed by atoms with Gasteiger partial charge >= 0.3 is 16.6 Å². The molecule has 0 saturated carbocycles. The van der Waals surface area contributed by atoms with Crippen LogP contribution in [-0.2, 0) is 99.0 Å². The highest BCUT2D eigenvalue weighted by Gasteiger charge is 2.48. The number of nitrogens with one attached hydrogen (secondary N) is 1. The van der Waals surface area contributed by atoms with E-state index < -0.39 is 106 Å². The summed E-state index contributed by atoms with van der Waals surface area (Å²) in [6.45, 7) is 15.6. The number of hydrogen-bond acceptors (Lipinski definition) is 19. The number of carbonyl (C=O) groups is 2. The largest absolute Gasteiger partial charge is 0.748 e. The van der Waals surface area contributed by atoms with Crippen molar-refractivity contribution in [3.63, 3.8) is 0 Å². The highest BCUT2D eigenvalue weighted by atomic mass is 32.2. The zero-order chi connectivity index (χ0) is 78.6. The van der Waals surface area contributed by atoms with Gasteiger partial charge in [0, 0.05) is 126 Å². The summed E-state index contributed by atoms with van der Waals surface area (Å²) in [7, 11) is -25.7. The van der Waals surface area contributed by atoms with Gasteiger partial charge in [-0.2, -0.15) is 34.4 Å². The summed E-state index contributed by atoms with van der Waals surface area (Å²) in [5.41, 5.74) is 7.82. The lowest BCUT2D eigenvalue weighted by Crippen LogP contribution is -2.30. The normalized spacial score (nSPS) is 18.2. The number of nitrogens with zero attached hydrogens (tertiary/aromatic N) is 4. The predicted molar refractivity (Wildman–Crippen MR) is 406 cm³/mol. The number of rotatable bonds is 32. The minimum absolute atomic E-state index is 0.00548. The van der Waals surface area contributed by atoms with E-state index in [-0.39, 0.29) is 74.0 Å². The van der Waals surface area contributed by atoms with Crippen molar-refractivity contribution in [2.75, 3.05) is 53.2 Å². The van der Waals surface area contributed by atoms with Crippen LogP contribution < -0.4 is 15.1 Å². The van der Waals surface area contributed by atoms with Crippen molar-refractivity contribution in [1.29, 1.82) is 0 Å². The number of fused-ring (bicyclic) bond motifs is 8. The van der Waals surface area contributed by atoms with Crippen LogP contribution in [0.5, 0.6) is 0 Å². The van der Waals surface area contributed by atoms with E-state index in [2.05, 4.69) is 42.5 Å². The Morgan fingerprint density at radius 3 is 1.67 bits per heavy atom. The van der Waals surface area contributed by atoms with Crippen molar-refractivity contribution >= 4 is 129 Å². The highest BCUT2D eigenvalue weighted by molar-refractivity contribution is 7.86. The molecule has 4 aliphatic rings. The van der Waals surface area contributed by atoms with Crippen molar-refractivity contribution in [3.05, 3.63) is 179 Å². The Morgan fingerprint density at radius 2 is 1.05 bits per heavy atom. The second-order valence-corrected chi connectivity index (χ2v) is 36.9. The van der Waals surface area contributed by atoms with E-state index in [9.17, 15) is 79.5 Å². The summed E-state index contributed by atoms with van der Waals surface area (Å²) >= 11 is 0. The van der Waals surface area contributed by atoms with Crippen molar-refractivity contribution in [2.24, 2.45) is 0 Å². The fourth-order valence-corrected chi connectivity index (χ4v) is 18.1. The van der Waals surface area contributed by atoms with E-state index in [0.717, 1.165) is 72.6 Å². The quantitative estimate of drug-likeness (QED) is 0.0149. The monoisotopic (exact) mass is 1590 g/mol. The molecule has 0 fully saturated rings. The van der Waals surface area contributed by atoms with Gasteiger partial charge in [0.25, 0.3) is 30.4 Å². The van der Waals surface area contributed by atoms with Crippen LogP contribution in [0.25, 0.3) is 21.5 Å². The molecule has 0 aliphatic carbocycles. The van der Waals surface area contributed by atoms with Gasteiger partial charge in [-0.25, -0.2) is 16.8 Å². The molecule has 0 spiro atoms. The number of amides is 1. The Kier molecular flexibility index (Phi) is 25.2. The first-order valence-corrected chi connectivity index (χ1v) is 43.5. The van der Waals surface area contributed by atoms with Crippen LogP contribution >= 0.6 is 0 Å². The van der Waals surface area contributed by atoms with E-state index in [1.807, 2.05) is 133 Å². The number of allylic oxidation sites excluding steroid dienone is 8. The van der Waals surface area contributed by atoms with Gasteiger partial charge in [0.2, 0.25) is 17.3 Å². The van der Waals surface area contributed by atoms with Crippen molar-refractivity contribution in [1.82, 2.24) is 5.32 Å². The number of hydrogen-bond donors (Lipinski definition) is 5. The lowest BCUT2D eigenvalue weighted by Gasteiger charge is -2.30. The molecule has 0 aromatic heterocycles. The summed E-state index contributed by atoms with van der Waals surface area (Å²) < 4.78 is 204. The third-order valence-electron chi connectivity index (χ3n) is 20.5. The molecule has 576 valence electrons. The van der Waals surface area contributed by atoms with Crippen LogP contribution in [0, 0.1) is 0 Å². The molecule has 26 nitrogen and oxygen atoms in total. The van der Waals surface area contributed by atoms with Crippen LogP contribution in [-0.4, -0.2) is 158 Å². The highest BCUT2D eigenvalue weighted by Crippen LogP contribution is 2.54. The minimum atomic E-state index is -4.69. The molecular formula is C75H89N5O21S6. The summed E-state index contributed by atoms with van der Waals surface area (Å²) in [6.07, 6.45) is 15.8. The molecule has 0 bridgehead atoms. The average Bonchev–Trinajstić information content (AvgIpc) is 1.58. The fraction of sp³-hybridized carbons (Fsp3) is 0.413. The average molecular weight is 1590 g/mol. The zero-order valence-corrected chi connectivity index (χ0v) is 65.3. The Bertz CT molecular complexity index is 5450. The smallest absolute Gasteiger partial charge is 0.425 e. The molecule has 5 N–H and O–H groups in total. The van der Waals surface area contributed by atoms with Gasteiger partial charge < -0.3 is 29.3 Å². The molecule has 1 unspecified atom stereocenters. The first-order valence-electron chi connectivity index (χ1n) is 34.9. The van der Waals surface area contributed by atoms with Crippen molar-refractivity contribution in [2.45, 2.75) is 164 Å². The van der Waals surface area contributed by atoms with Crippen LogP contribution in [0.3, 0.4) is 0 Å². The molecule has 6 aromatic carbocycles. The van der Waals surface area contributed by atoms with E-state index in [0.29, 0.717) is 73.8 Å². The first kappa shape index (κ1) is 82.9. The first-order chi connectivity index (χ1) is 49.8. The molecule has 0 saturated heterocycles. The molecule has 32 heteroatoms.